The van der Waals surface area contributed by atoms with Crippen LogP contribution in [0.25, 0.3) is 0 Å². The van der Waals surface area contributed by atoms with Gasteiger partial charge in [-0.25, -0.2) is 13.2 Å². The van der Waals surface area contributed by atoms with Crippen LogP contribution in [0, 0.1) is 5.21 Å². The first-order valence-electron chi connectivity index (χ1n) is 8.39. The molecule has 2 aromatic rings. The molecule has 13 nitrogen and oxygen atoms in total. The summed E-state index contributed by atoms with van der Waals surface area (Å²) in [6.45, 7) is -0.256. The van der Waals surface area contributed by atoms with Crippen molar-refractivity contribution in [2.75, 3.05) is 6.61 Å². The number of carboxylic acids is 2. The maximum Gasteiger partial charge on any atom is 0.414 e. The van der Waals surface area contributed by atoms with Crippen molar-refractivity contribution >= 4 is 27.7 Å². The predicted octanol–water partition coefficient (Wildman–Crippen LogP) is -0.656. The SMILES string of the molecule is O=C(O)C[C@H](NC(=O)CCCOc1no[n+]([O-])c1S(=O)(=O)c1ccccc1)C(=O)O. The van der Waals surface area contributed by atoms with Crippen LogP contribution >= 0.6 is 0 Å². The van der Waals surface area contributed by atoms with Crippen LogP contribution in [0.1, 0.15) is 19.3 Å². The summed E-state index contributed by atoms with van der Waals surface area (Å²) in [5.74, 6) is -4.23. The molecular weight excluding hydrogens is 426 g/mol. The molecule has 0 radical (unpaired) electrons. The van der Waals surface area contributed by atoms with Gasteiger partial charge in [0.15, 0.2) is 0 Å². The van der Waals surface area contributed by atoms with Crippen LogP contribution in [0.5, 0.6) is 5.88 Å². The Balaban J connectivity index is 1.96. The summed E-state index contributed by atoms with van der Waals surface area (Å²) in [5, 5.41) is 33.7. The molecule has 0 bridgehead atoms. The lowest BCUT2D eigenvalue weighted by atomic mass is 10.2. The molecule has 0 saturated heterocycles. The number of sulfone groups is 1. The van der Waals surface area contributed by atoms with E-state index in [-0.39, 0.29) is 29.2 Å². The normalized spacial score (nSPS) is 12.1. The van der Waals surface area contributed by atoms with E-state index in [1.807, 2.05) is 5.32 Å². The summed E-state index contributed by atoms with van der Waals surface area (Å²) >= 11 is 0. The Morgan fingerprint density at radius 3 is 2.50 bits per heavy atom. The number of amides is 1. The third kappa shape index (κ3) is 5.66. The van der Waals surface area contributed by atoms with Crippen LogP contribution in [0.2, 0.25) is 0 Å². The van der Waals surface area contributed by atoms with Crippen molar-refractivity contribution < 1.29 is 47.3 Å². The predicted molar refractivity (Wildman–Crippen MR) is 93.9 cm³/mol. The third-order valence-electron chi connectivity index (χ3n) is 3.65. The Labute approximate surface area is 169 Å². The van der Waals surface area contributed by atoms with Crippen LogP contribution in [-0.4, -0.2) is 54.3 Å². The van der Waals surface area contributed by atoms with Gasteiger partial charge in [0, 0.05) is 6.42 Å². The number of hydrogen-bond acceptors (Lipinski definition) is 9. The number of hydrogen-bond donors (Lipinski definition) is 3. The number of rotatable bonds is 11. The van der Waals surface area contributed by atoms with Gasteiger partial charge in [0.25, 0.3) is 9.84 Å². The van der Waals surface area contributed by atoms with E-state index in [0.29, 0.717) is 0 Å². The number of carbonyl (C=O) groups is 3. The summed E-state index contributed by atoms with van der Waals surface area (Å²) in [5.41, 5.74) is 0. The summed E-state index contributed by atoms with van der Waals surface area (Å²) in [6.07, 6.45) is -1.05. The lowest BCUT2D eigenvalue weighted by molar-refractivity contribution is -0.832. The Kier molecular flexibility index (Phi) is 7.30. The molecule has 162 valence electrons. The quantitative estimate of drug-likeness (QED) is 0.294. The highest BCUT2D eigenvalue weighted by molar-refractivity contribution is 7.91. The Bertz CT molecular complexity index is 1020. The van der Waals surface area contributed by atoms with Gasteiger partial charge >= 0.3 is 22.8 Å². The van der Waals surface area contributed by atoms with Crippen molar-refractivity contribution in [2.24, 2.45) is 0 Å². The molecule has 1 aromatic carbocycles. The molecule has 0 aliphatic heterocycles. The monoisotopic (exact) mass is 443 g/mol. The Morgan fingerprint density at radius 1 is 1.23 bits per heavy atom. The van der Waals surface area contributed by atoms with Crippen LogP contribution < -0.4 is 15.0 Å². The number of carboxylic acid groups (broad SMARTS) is 2. The second-order valence-electron chi connectivity index (χ2n) is 5.87. The minimum Gasteiger partial charge on any atom is -0.481 e. The van der Waals surface area contributed by atoms with E-state index < -0.39 is 51.1 Å². The van der Waals surface area contributed by atoms with Crippen LogP contribution in [0.3, 0.4) is 0 Å². The number of aromatic nitrogens is 2. The number of nitrogens with zero attached hydrogens (tertiary/aromatic N) is 2. The second kappa shape index (κ2) is 9.69. The van der Waals surface area contributed by atoms with Gasteiger partial charge in [0.05, 0.1) is 23.1 Å². The first-order valence-corrected chi connectivity index (χ1v) is 9.88. The summed E-state index contributed by atoms with van der Waals surface area (Å²) in [4.78, 5) is 32.8. The maximum absolute atomic E-state index is 12.6. The average Bonchev–Trinajstić information content (AvgIpc) is 3.06. The van der Waals surface area contributed by atoms with Crippen molar-refractivity contribution in [3.63, 3.8) is 0 Å². The number of carbonyl (C=O) groups excluding carboxylic acids is 1. The Morgan fingerprint density at radius 2 is 1.90 bits per heavy atom. The molecule has 1 amide bonds. The number of aliphatic carboxylic acids is 2. The van der Waals surface area contributed by atoms with Gasteiger partial charge in [0.2, 0.25) is 5.91 Å². The molecule has 1 atom stereocenters. The van der Waals surface area contributed by atoms with Gasteiger partial charge in [-0.1, -0.05) is 18.2 Å². The van der Waals surface area contributed by atoms with Gasteiger partial charge in [-0.15, -0.1) is 0 Å². The molecule has 2 rings (SSSR count). The zero-order valence-corrected chi connectivity index (χ0v) is 16.1. The third-order valence-corrected chi connectivity index (χ3v) is 5.38. The Hall–Kier alpha value is -3.68. The number of benzene rings is 1. The zero-order chi connectivity index (χ0) is 22.3. The lowest BCUT2D eigenvalue weighted by Gasteiger charge is -2.12. The lowest BCUT2D eigenvalue weighted by Crippen LogP contribution is -2.42. The second-order valence-corrected chi connectivity index (χ2v) is 7.73. The van der Waals surface area contributed by atoms with Crippen LogP contribution in [0.4, 0.5) is 0 Å². The largest absolute Gasteiger partial charge is 0.481 e. The molecule has 3 N–H and O–H groups in total. The van der Waals surface area contributed by atoms with E-state index in [0.717, 1.165) is 0 Å². The summed E-state index contributed by atoms with van der Waals surface area (Å²) < 4.78 is 34.6. The van der Waals surface area contributed by atoms with E-state index in [2.05, 4.69) is 9.79 Å². The van der Waals surface area contributed by atoms with Gasteiger partial charge in [-0.05, 0) is 23.5 Å². The van der Waals surface area contributed by atoms with Crippen LogP contribution in [0.15, 0.2) is 44.9 Å². The molecule has 1 aromatic heterocycles. The molecule has 0 aliphatic rings. The van der Waals surface area contributed by atoms with Gasteiger partial charge in [-0.3, -0.25) is 14.2 Å². The number of nitrogens with one attached hydrogen (secondary N) is 1. The van der Waals surface area contributed by atoms with E-state index >= 15 is 0 Å². The molecular formula is C16H17N3O10S. The smallest absolute Gasteiger partial charge is 0.414 e. The topological polar surface area (TPSA) is 200 Å². The highest BCUT2D eigenvalue weighted by atomic mass is 32.2. The van der Waals surface area contributed by atoms with Gasteiger partial charge in [-0.2, -0.15) is 0 Å². The fraction of sp³-hybridized carbons (Fsp3) is 0.312. The van der Waals surface area contributed by atoms with E-state index in [1.165, 1.54) is 24.3 Å². The average molecular weight is 443 g/mol. The van der Waals surface area contributed by atoms with Crippen LogP contribution in [-0.2, 0) is 24.2 Å². The van der Waals surface area contributed by atoms with E-state index in [4.69, 9.17) is 14.9 Å². The van der Waals surface area contributed by atoms with Crippen molar-refractivity contribution in [3.05, 3.63) is 35.5 Å². The van der Waals surface area contributed by atoms with Crippen molar-refractivity contribution in [1.29, 1.82) is 0 Å². The first kappa shape index (κ1) is 22.6. The standard InChI is InChI=1S/C16H17N3O10S/c20-12(17-11(16(23)24)9-13(21)22)7-4-8-28-14-15(19(25)29-18-14)30(26,27)10-5-2-1-3-6-10/h1-3,5-6,11H,4,7-9H2,(H,17,20)(H,21,22)(H,23,24)/t11-/m0/s1. The van der Waals surface area contributed by atoms with Crippen molar-refractivity contribution in [1.82, 2.24) is 10.5 Å². The van der Waals surface area contributed by atoms with Crippen molar-refractivity contribution in [3.8, 4) is 5.88 Å². The fourth-order valence-corrected chi connectivity index (χ4v) is 3.58. The van der Waals surface area contributed by atoms with Gasteiger partial charge in [0.1, 0.15) is 6.04 Å². The van der Waals surface area contributed by atoms with E-state index in [1.54, 1.807) is 6.07 Å². The maximum atomic E-state index is 12.6. The fourth-order valence-electron chi connectivity index (χ4n) is 2.28. The highest BCUT2D eigenvalue weighted by Gasteiger charge is 2.35. The molecule has 14 heteroatoms. The molecule has 0 fully saturated rings. The van der Waals surface area contributed by atoms with E-state index in [9.17, 15) is 28.0 Å². The van der Waals surface area contributed by atoms with Gasteiger partial charge < -0.3 is 25.5 Å². The summed E-state index contributed by atoms with van der Waals surface area (Å²) in [6, 6.07) is 5.46. The molecule has 1 heterocycles. The minimum absolute atomic E-state index is 0.0121. The number of ether oxygens (including phenoxy) is 1. The summed E-state index contributed by atoms with van der Waals surface area (Å²) in [7, 11) is -4.28. The minimum atomic E-state index is -4.28. The molecule has 0 saturated carbocycles. The highest BCUT2D eigenvalue weighted by Crippen LogP contribution is 2.24. The molecule has 0 spiro atoms. The first-order chi connectivity index (χ1) is 14.1. The zero-order valence-electron chi connectivity index (χ0n) is 15.3. The molecule has 0 unspecified atom stereocenters. The van der Waals surface area contributed by atoms with Crippen molar-refractivity contribution in [2.45, 2.75) is 35.2 Å². The molecule has 30 heavy (non-hydrogen) atoms. The molecule has 0 aliphatic carbocycles.